The molecule has 1 aromatic heterocycles. The molecular weight excluding hydrogens is 240 g/mol. The summed E-state index contributed by atoms with van der Waals surface area (Å²) in [5, 5.41) is 3.52. The number of likely N-dealkylation sites (tertiary alicyclic amines) is 1. The topological polar surface area (TPSA) is 45.5 Å². The van der Waals surface area contributed by atoms with Gasteiger partial charge in [-0.25, -0.2) is 0 Å². The van der Waals surface area contributed by atoms with E-state index in [1.807, 2.05) is 17.0 Å². The molecule has 3 rings (SSSR count). The van der Waals surface area contributed by atoms with E-state index in [0.717, 1.165) is 24.5 Å². The fourth-order valence-corrected chi connectivity index (χ4v) is 2.84. The maximum atomic E-state index is 11.9. The molecule has 4 nitrogen and oxygen atoms in total. The van der Waals surface area contributed by atoms with Crippen molar-refractivity contribution in [1.82, 2.24) is 10.2 Å². The summed E-state index contributed by atoms with van der Waals surface area (Å²) in [5.41, 5.74) is 0. The number of hydrogen-bond donors (Lipinski definition) is 1. The van der Waals surface area contributed by atoms with Gasteiger partial charge in [0.2, 0.25) is 5.91 Å². The Balaban J connectivity index is 1.57. The highest BCUT2D eigenvalue weighted by atomic mass is 16.3. The molecule has 0 bridgehead atoms. The van der Waals surface area contributed by atoms with Crippen molar-refractivity contribution in [1.29, 1.82) is 0 Å². The van der Waals surface area contributed by atoms with Crippen molar-refractivity contribution in [2.75, 3.05) is 6.54 Å². The van der Waals surface area contributed by atoms with Gasteiger partial charge in [0.05, 0.1) is 6.04 Å². The summed E-state index contributed by atoms with van der Waals surface area (Å²) in [6.07, 6.45) is 3.92. The lowest BCUT2D eigenvalue weighted by Gasteiger charge is -2.19. The van der Waals surface area contributed by atoms with Crippen molar-refractivity contribution in [3.8, 4) is 0 Å². The number of carbonyl (C=O) groups is 1. The van der Waals surface area contributed by atoms with Gasteiger partial charge >= 0.3 is 0 Å². The molecule has 1 aliphatic carbocycles. The molecule has 0 unspecified atom stereocenters. The van der Waals surface area contributed by atoms with Crippen LogP contribution in [0.2, 0.25) is 0 Å². The molecular formula is C15H22N2O2. The second kappa shape index (κ2) is 5.00. The molecule has 2 atom stereocenters. The highest BCUT2D eigenvalue weighted by molar-refractivity contribution is 5.80. The Morgan fingerprint density at radius 3 is 2.89 bits per heavy atom. The Bertz CT molecular complexity index is 464. The monoisotopic (exact) mass is 262 g/mol. The zero-order chi connectivity index (χ0) is 13.4. The van der Waals surface area contributed by atoms with Gasteiger partial charge in [-0.15, -0.1) is 0 Å². The van der Waals surface area contributed by atoms with Crippen LogP contribution in [-0.2, 0) is 11.2 Å². The first kappa shape index (κ1) is 12.7. The van der Waals surface area contributed by atoms with E-state index in [9.17, 15) is 4.79 Å². The van der Waals surface area contributed by atoms with Crippen LogP contribution in [0.15, 0.2) is 16.5 Å². The summed E-state index contributed by atoms with van der Waals surface area (Å²) < 4.78 is 5.76. The fraction of sp³-hybridized carbons (Fsp3) is 0.667. The molecule has 19 heavy (non-hydrogen) atoms. The average molecular weight is 262 g/mol. The Kier molecular flexibility index (Phi) is 3.35. The largest absolute Gasteiger partial charge is 0.464 e. The highest BCUT2D eigenvalue weighted by Crippen LogP contribution is 2.31. The SMILES string of the molecule is CCc1ccc([C@H](C)N[C@@H]2CC(=O)N(C3CC3)C2)o1. The molecule has 104 valence electrons. The van der Waals surface area contributed by atoms with Gasteiger partial charge in [-0.1, -0.05) is 6.92 Å². The molecule has 2 aliphatic rings. The second-order valence-corrected chi connectivity index (χ2v) is 5.72. The first-order valence-electron chi connectivity index (χ1n) is 7.31. The van der Waals surface area contributed by atoms with E-state index in [-0.39, 0.29) is 12.1 Å². The van der Waals surface area contributed by atoms with E-state index >= 15 is 0 Å². The number of aryl methyl sites for hydroxylation is 1. The average Bonchev–Trinajstić information content (AvgIpc) is 2.99. The molecule has 0 radical (unpaired) electrons. The van der Waals surface area contributed by atoms with Gasteiger partial charge in [-0.05, 0) is 31.9 Å². The number of rotatable bonds is 5. The van der Waals surface area contributed by atoms with E-state index in [0.29, 0.717) is 18.4 Å². The van der Waals surface area contributed by atoms with Crippen LogP contribution < -0.4 is 5.32 Å². The molecule has 2 heterocycles. The minimum Gasteiger partial charge on any atom is -0.464 e. The van der Waals surface area contributed by atoms with Gasteiger partial charge in [-0.2, -0.15) is 0 Å². The Hall–Kier alpha value is -1.29. The minimum atomic E-state index is 0.164. The Labute approximate surface area is 114 Å². The van der Waals surface area contributed by atoms with Crippen LogP contribution in [0.3, 0.4) is 0 Å². The standard InChI is InChI=1S/C15H22N2O2/c1-3-13-6-7-14(19-13)10(2)16-11-8-15(18)17(9-11)12-4-5-12/h6-7,10-12,16H,3-5,8-9H2,1-2H3/t10-,11+/m0/s1. The molecule has 1 saturated heterocycles. The van der Waals surface area contributed by atoms with Crippen molar-refractivity contribution in [2.24, 2.45) is 0 Å². The maximum absolute atomic E-state index is 11.9. The predicted molar refractivity (Wildman–Crippen MR) is 72.8 cm³/mol. The molecule has 1 aromatic rings. The van der Waals surface area contributed by atoms with Crippen LogP contribution in [0.5, 0.6) is 0 Å². The molecule has 0 spiro atoms. The summed E-state index contributed by atoms with van der Waals surface area (Å²) >= 11 is 0. The number of furan rings is 1. The van der Waals surface area contributed by atoms with Crippen molar-refractivity contribution in [3.05, 3.63) is 23.7 Å². The maximum Gasteiger partial charge on any atom is 0.224 e. The van der Waals surface area contributed by atoms with Gasteiger partial charge in [0.25, 0.3) is 0 Å². The van der Waals surface area contributed by atoms with Crippen LogP contribution >= 0.6 is 0 Å². The number of carbonyl (C=O) groups excluding carboxylic acids is 1. The number of nitrogens with zero attached hydrogens (tertiary/aromatic N) is 1. The van der Waals surface area contributed by atoms with Crippen LogP contribution in [0.25, 0.3) is 0 Å². The summed E-state index contributed by atoms with van der Waals surface area (Å²) in [5.74, 6) is 2.29. The minimum absolute atomic E-state index is 0.164. The fourth-order valence-electron chi connectivity index (χ4n) is 2.84. The number of nitrogens with one attached hydrogen (secondary N) is 1. The smallest absolute Gasteiger partial charge is 0.224 e. The Morgan fingerprint density at radius 2 is 2.26 bits per heavy atom. The number of amides is 1. The van der Waals surface area contributed by atoms with Crippen molar-refractivity contribution in [2.45, 2.75) is 57.7 Å². The summed E-state index contributed by atoms with van der Waals surface area (Å²) in [7, 11) is 0. The van der Waals surface area contributed by atoms with Crippen LogP contribution in [0.1, 0.15) is 50.7 Å². The molecule has 1 amide bonds. The van der Waals surface area contributed by atoms with Gasteiger partial charge in [0, 0.05) is 31.5 Å². The zero-order valence-corrected chi connectivity index (χ0v) is 11.7. The highest BCUT2D eigenvalue weighted by Gasteiger charge is 2.39. The van der Waals surface area contributed by atoms with Crippen molar-refractivity contribution >= 4 is 5.91 Å². The predicted octanol–water partition coefficient (Wildman–Crippen LogP) is 2.26. The molecule has 1 saturated carbocycles. The quantitative estimate of drug-likeness (QED) is 0.885. The summed E-state index contributed by atoms with van der Waals surface area (Å²) in [6, 6.07) is 5.02. The normalized spacial score (nSPS) is 25.1. The van der Waals surface area contributed by atoms with Gasteiger partial charge in [0.1, 0.15) is 11.5 Å². The van der Waals surface area contributed by atoms with Crippen LogP contribution in [0, 0.1) is 0 Å². The lowest BCUT2D eigenvalue weighted by molar-refractivity contribution is -0.128. The third-order valence-electron chi connectivity index (χ3n) is 4.09. The molecule has 4 heteroatoms. The third-order valence-corrected chi connectivity index (χ3v) is 4.09. The van der Waals surface area contributed by atoms with Crippen LogP contribution in [0.4, 0.5) is 0 Å². The van der Waals surface area contributed by atoms with Crippen molar-refractivity contribution < 1.29 is 9.21 Å². The van der Waals surface area contributed by atoms with Crippen LogP contribution in [-0.4, -0.2) is 29.4 Å². The number of hydrogen-bond acceptors (Lipinski definition) is 3. The Morgan fingerprint density at radius 1 is 1.47 bits per heavy atom. The lowest BCUT2D eigenvalue weighted by atomic mass is 10.2. The zero-order valence-electron chi connectivity index (χ0n) is 11.7. The first-order valence-corrected chi connectivity index (χ1v) is 7.31. The van der Waals surface area contributed by atoms with Gasteiger partial charge in [0.15, 0.2) is 0 Å². The van der Waals surface area contributed by atoms with Gasteiger partial charge in [-0.3, -0.25) is 4.79 Å². The van der Waals surface area contributed by atoms with E-state index in [1.165, 1.54) is 12.8 Å². The summed E-state index contributed by atoms with van der Waals surface area (Å²) in [4.78, 5) is 13.9. The molecule has 2 fully saturated rings. The van der Waals surface area contributed by atoms with E-state index in [4.69, 9.17) is 4.42 Å². The summed E-state index contributed by atoms with van der Waals surface area (Å²) in [6.45, 7) is 5.04. The van der Waals surface area contributed by atoms with E-state index < -0.39 is 0 Å². The molecule has 0 aromatic carbocycles. The first-order chi connectivity index (χ1) is 9.17. The van der Waals surface area contributed by atoms with E-state index in [1.54, 1.807) is 0 Å². The third kappa shape index (κ3) is 2.68. The lowest BCUT2D eigenvalue weighted by Crippen LogP contribution is -2.35. The van der Waals surface area contributed by atoms with E-state index in [2.05, 4.69) is 19.2 Å². The van der Waals surface area contributed by atoms with Gasteiger partial charge < -0.3 is 14.6 Å². The second-order valence-electron chi connectivity index (χ2n) is 5.72. The molecule has 1 aliphatic heterocycles. The molecule has 1 N–H and O–H groups in total. The van der Waals surface area contributed by atoms with Crippen molar-refractivity contribution in [3.63, 3.8) is 0 Å².